The first-order valence-corrected chi connectivity index (χ1v) is 9.31. The van der Waals surface area contributed by atoms with E-state index in [0.717, 1.165) is 48.9 Å². The van der Waals surface area contributed by atoms with Gasteiger partial charge in [-0.1, -0.05) is 36.4 Å². The summed E-state index contributed by atoms with van der Waals surface area (Å²) in [6.45, 7) is 3.46. The number of aromatic hydroxyl groups is 1. The number of benzene rings is 2. The topological polar surface area (TPSA) is 45.5 Å². The molecule has 0 radical (unpaired) electrons. The highest BCUT2D eigenvalue weighted by molar-refractivity contribution is 5.87. The number of nitrogens with zero attached hydrogens (tertiary/aromatic N) is 2. The molecule has 0 aliphatic carbocycles. The Bertz CT molecular complexity index is 1040. The minimum Gasteiger partial charge on any atom is -0.508 e. The van der Waals surface area contributed by atoms with E-state index in [1.165, 1.54) is 5.69 Å². The summed E-state index contributed by atoms with van der Waals surface area (Å²) in [7, 11) is 0. The van der Waals surface area contributed by atoms with Gasteiger partial charge in [0.1, 0.15) is 5.75 Å². The SMILES string of the molecule is O=c1cccc2n1C[C@H]1C[C@H]2CN(Cc2c(O)ccc3ccccc23)C1. The van der Waals surface area contributed by atoms with Crippen molar-refractivity contribution < 1.29 is 5.11 Å². The summed E-state index contributed by atoms with van der Waals surface area (Å²) >= 11 is 0. The van der Waals surface area contributed by atoms with E-state index in [2.05, 4.69) is 23.1 Å². The molecule has 132 valence electrons. The molecule has 1 N–H and O–H groups in total. The van der Waals surface area contributed by atoms with Crippen LogP contribution >= 0.6 is 0 Å². The molecule has 2 atom stereocenters. The maximum absolute atomic E-state index is 12.2. The Labute approximate surface area is 152 Å². The lowest BCUT2D eigenvalue weighted by atomic mass is 9.83. The fraction of sp³-hybridized carbons (Fsp3) is 0.318. The van der Waals surface area contributed by atoms with E-state index in [1.807, 2.05) is 28.8 Å². The standard InChI is InChI=1S/C22H22N2O2/c25-21-9-8-16-4-1-2-5-18(16)19(21)14-23-11-15-10-17(13-23)20-6-3-7-22(26)24(20)12-15/h1-9,15,17,25H,10-14H2/t15-,17-/m0/s1. The van der Waals surface area contributed by atoms with Crippen LogP contribution in [0.25, 0.3) is 10.8 Å². The predicted molar refractivity (Wildman–Crippen MR) is 102 cm³/mol. The molecule has 2 aromatic carbocycles. The molecule has 4 nitrogen and oxygen atoms in total. The Morgan fingerprint density at radius 1 is 0.962 bits per heavy atom. The Morgan fingerprint density at radius 3 is 2.77 bits per heavy atom. The van der Waals surface area contributed by atoms with Gasteiger partial charge in [-0.15, -0.1) is 0 Å². The van der Waals surface area contributed by atoms with Gasteiger partial charge in [0.2, 0.25) is 0 Å². The number of fused-ring (bicyclic) bond motifs is 5. The van der Waals surface area contributed by atoms with E-state index >= 15 is 0 Å². The number of pyridine rings is 1. The second-order valence-electron chi connectivity index (χ2n) is 7.68. The first-order chi connectivity index (χ1) is 12.7. The van der Waals surface area contributed by atoms with Crippen LogP contribution < -0.4 is 5.56 Å². The summed E-state index contributed by atoms with van der Waals surface area (Å²) in [5, 5.41) is 12.8. The smallest absolute Gasteiger partial charge is 0.250 e. The van der Waals surface area contributed by atoms with E-state index in [1.54, 1.807) is 12.1 Å². The second kappa shape index (κ2) is 5.99. The summed E-state index contributed by atoms with van der Waals surface area (Å²) < 4.78 is 1.96. The molecule has 0 saturated carbocycles. The van der Waals surface area contributed by atoms with Gasteiger partial charge in [0.05, 0.1) is 0 Å². The molecule has 5 rings (SSSR count). The second-order valence-corrected chi connectivity index (χ2v) is 7.68. The van der Waals surface area contributed by atoms with Gasteiger partial charge in [0.15, 0.2) is 0 Å². The third kappa shape index (κ3) is 2.53. The molecule has 4 heteroatoms. The molecule has 0 amide bonds. The van der Waals surface area contributed by atoms with Gasteiger partial charge in [0, 0.05) is 49.4 Å². The zero-order chi connectivity index (χ0) is 17.7. The lowest BCUT2D eigenvalue weighted by molar-refractivity contribution is 0.114. The summed E-state index contributed by atoms with van der Waals surface area (Å²) in [6.07, 6.45) is 1.15. The van der Waals surface area contributed by atoms with E-state index in [-0.39, 0.29) is 5.56 Å². The van der Waals surface area contributed by atoms with Crippen molar-refractivity contribution in [3.05, 3.63) is 76.2 Å². The molecule has 1 aromatic heterocycles. The zero-order valence-corrected chi connectivity index (χ0v) is 14.6. The van der Waals surface area contributed by atoms with E-state index in [9.17, 15) is 9.90 Å². The third-order valence-corrected chi connectivity index (χ3v) is 5.95. The molecule has 26 heavy (non-hydrogen) atoms. The van der Waals surface area contributed by atoms with Crippen molar-refractivity contribution in [3.63, 3.8) is 0 Å². The lowest BCUT2D eigenvalue weighted by Gasteiger charge is -2.43. The van der Waals surface area contributed by atoms with Gasteiger partial charge in [0.25, 0.3) is 5.56 Å². The van der Waals surface area contributed by atoms with Crippen molar-refractivity contribution in [2.24, 2.45) is 5.92 Å². The highest BCUT2D eigenvalue weighted by Gasteiger charge is 2.34. The van der Waals surface area contributed by atoms with Gasteiger partial charge in [-0.25, -0.2) is 0 Å². The molecule has 3 heterocycles. The zero-order valence-electron chi connectivity index (χ0n) is 14.6. The van der Waals surface area contributed by atoms with Crippen molar-refractivity contribution in [1.82, 2.24) is 9.47 Å². The van der Waals surface area contributed by atoms with Crippen molar-refractivity contribution in [1.29, 1.82) is 0 Å². The van der Waals surface area contributed by atoms with Crippen molar-refractivity contribution in [2.75, 3.05) is 13.1 Å². The van der Waals surface area contributed by atoms with E-state index < -0.39 is 0 Å². The highest BCUT2D eigenvalue weighted by atomic mass is 16.3. The van der Waals surface area contributed by atoms with Gasteiger partial charge >= 0.3 is 0 Å². The van der Waals surface area contributed by atoms with Crippen LogP contribution in [0, 0.1) is 5.92 Å². The maximum atomic E-state index is 12.2. The summed E-state index contributed by atoms with van der Waals surface area (Å²) in [5.74, 6) is 1.27. The molecule has 2 bridgehead atoms. The number of rotatable bonds is 2. The molecular formula is C22H22N2O2. The van der Waals surface area contributed by atoms with Crippen LogP contribution in [0.3, 0.4) is 0 Å². The Kier molecular flexibility index (Phi) is 3.61. The minimum absolute atomic E-state index is 0.123. The Morgan fingerprint density at radius 2 is 1.85 bits per heavy atom. The number of phenolic OH excluding ortho intramolecular Hbond substituents is 1. The van der Waals surface area contributed by atoms with Crippen LogP contribution in [-0.2, 0) is 13.1 Å². The van der Waals surface area contributed by atoms with Gasteiger partial charge in [-0.05, 0) is 35.2 Å². The molecule has 2 aliphatic heterocycles. The first kappa shape index (κ1) is 15.6. The van der Waals surface area contributed by atoms with Crippen molar-refractivity contribution in [3.8, 4) is 5.75 Å². The van der Waals surface area contributed by atoms with Crippen LogP contribution in [0.1, 0.15) is 23.6 Å². The molecule has 1 fully saturated rings. The monoisotopic (exact) mass is 346 g/mol. The molecule has 3 aromatic rings. The first-order valence-electron chi connectivity index (χ1n) is 9.31. The van der Waals surface area contributed by atoms with Gasteiger partial charge < -0.3 is 9.67 Å². The van der Waals surface area contributed by atoms with Crippen LogP contribution in [0.2, 0.25) is 0 Å². The molecule has 0 unspecified atom stereocenters. The largest absolute Gasteiger partial charge is 0.508 e. The molecule has 1 saturated heterocycles. The fourth-order valence-corrected chi connectivity index (χ4v) is 4.84. The number of likely N-dealkylation sites (tertiary alicyclic amines) is 1. The van der Waals surface area contributed by atoms with Gasteiger partial charge in [-0.3, -0.25) is 9.69 Å². The lowest BCUT2D eigenvalue weighted by Crippen LogP contribution is -2.46. The van der Waals surface area contributed by atoms with Crippen LogP contribution in [0.4, 0.5) is 0 Å². The highest BCUT2D eigenvalue weighted by Crippen LogP contribution is 2.37. The van der Waals surface area contributed by atoms with E-state index in [0.29, 0.717) is 17.6 Å². The molecular weight excluding hydrogens is 324 g/mol. The predicted octanol–water partition coefficient (Wildman–Crippen LogP) is 3.33. The summed E-state index contributed by atoms with van der Waals surface area (Å²) in [5.41, 5.74) is 2.30. The Hall–Kier alpha value is -2.59. The third-order valence-electron chi connectivity index (χ3n) is 5.95. The fourth-order valence-electron chi connectivity index (χ4n) is 4.84. The van der Waals surface area contributed by atoms with Crippen molar-refractivity contribution in [2.45, 2.75) is 25.4 Å². The number of piperidine rings is 1. The number of phenols is 1. The quantitative estimate of drug-likeness (QED) is 0.774. The average Bonchev–Trinajstić information content (AvgIpc) is 2.65. The Balaban J connectivity index is 1.47. The number of hydrogen-bond donors (Lipinski definition) is 1. The molecule has 2 aliphatic rings. The normalized spacial score (nSPS) is 22.3. The van der Waals surface area contributed by atoms with E-state index in [4.69, 9.17) is 0 Å². The van der Waals surface area contributed by atoms with Crippen LogP contribution in [0.15, 0.2) is 59.4 Å². The summed E-state index contributed by atoms with van der Waals surface area (Å²) in [4.78, 5) is 14.6. The van der Waals surface area contributed by atoms with Crippen molar-refractivity contribution >= 4 is 10.8 Å². The summed E-state index contributed by atoms with van der Waals surface area (Å²) in [6, 6.07) is 17.7. The molecule has 0 spiro atoms. The van der Waals surface area contributed by atoms with Crippen LogP contribution in [-0.4, -0.2) is 27.7 Å². The maximum Gasteiger partial charge on any atom is 0.250 e. The number of hydrogen-bond acceptors (Lipinski definition) is 3. The van der Waals surface area contributed by atoms with Gasteiger partial charge in [-0.2, -0.15) is 0 Å². The number of aromatic nitrogens is 1. The minimum atomic E-state index is 0.123. The van der Waals surface area contributed by atoms with Crippen LogP contribution in [0.5, 0.6) is 5.75 Å². The average molecular weight is 346 g/mol.